The summed E-state index contributed by atoms with van der Waals surface area (Å²) in [6.07, 6.45) is 1.59. The first-order valence-corrected chi connectivity index (χ1v) is 10.2. The topological polar surface area (TPSA) is 88.3 Å². The average molecular weight is 459 g/mol. The van der Waals surface area contributed by atoms with Gasteiger partial charge in [0.25, 0.3) is 5.91 Å². The molecule has 1 aliphatic heterocycles. The van der Waals surface area contributed by atoms with Gasteiger partial charge in [-0.25, -0.2) is 9.37 Å². The Morgan fingerprint density at radius 1 is 1.16 bits per heavy atom. The van der Waals surface area contributed by atoms with E-state index < -0.39 is 11.7 Å². The molecule has 4 rings (SSSR count). The molecule has 1 fully saturated rings. The molecular formula is C22H17Cl2FN4O2. The predicted octanol–water partition coefficient (Wildman–Crippen LogP) is 4.88. The van der Waals surface area contributed by atoms with Gasteiger partial charge < -0.3 is 16.0 Å². The van der Waals surface area contributed by atoms with E-state index >= 15 is 0 Å². The van der Waals surface area contributed by atoms with E-state index in [2.05, 4.69) is 10.3 Å². The second-order valence-electron chi connectivity index (χ2n) is 7.10. The molecule has 31 heavy (non-hydrogen) atoms. The number of benzene rings is 2. The Kier molecular flexibility index (Phi) is 5.80. The zero-order valence-corrected chi connectivity index (χ0v) is 17.6. The number of halogens is 3. The van der Waals surface area contributed by atoms with Gasteiger partial charge in [0.15, 0.2) is 5.69 Å². The molecule has 1 atom stereocenters. The number of amides is 2. The molecule has 3 N–H and O–H groups in total. The van der Waals surface area contributed by atoms with Crippen LogP contribution in [0.2, 0.25) is 10.0 Å². The van der Waals surface area contributed by atoms with Gasteiger partial charge >= 0.3 is 0 Å². The fraction of sp³-hybridized carbons (Fsp3) is 0.136. The van der Waals surface area contributed by atoms with Crippen LogP contribution >= 0.6 is 23.2 Å². The Labute approximate surface area is 187 Å². The molecular weight excluding hydrogens is 442 g/mol. The van der Waals surface area contributed by atoms with Crippen LogP contribution in [0.3, 0.4) is 0 Å². The second-order valence-corrected chi connectivity index (χ2v) is 7.92. The Hall–Kier alpha value is -3.16. The lowest BCUT2D eigenvalue weighted by Gasteiger charge is -2.19. The summed E-state index contributed by atoms with van der Waals surface area (Å²) in [7, 11) is 0. The molecule has 1 saturated heterocycles. The minimum Gasteiger partial charge on any atom is -0.397 e. The minimum absolute atomic E-state index is 0.0991. The highest BCUT2D eigenvalue weighted by molar-refractivity contribution is 6.34. The summed E-state index contributed by atoms with van der Waals surface area (Å²) in [5.41, 5.74) is 7.35. The summed E-state index contributed by atoms with van der Waals surface area (Å²) >= 11 is 12.6. The van der Waals surface area contributed by atoms with Crippen LogP contribution in [0.4, 0.5) is 21.5 Å². The van der Waals surface area contributed by atoms with E-state index in [1.54, 1.807) is 30.3 Å². The molecule has 6 nitrogen and oxygen atoms in total. The lowest BCUT2D eigenvalue weighted by atomic mass is 9.97. The van der Waals surface area contributed by atoms with E-state index in [9.17, 15) is 14.0 Å². The summed E-state index contributed by atoms with van der Waals surface area (Å²) < 4.78 is 14.3. The fourth-order valence-corrected chi connectivity index (χ4v) is 4.24. The van der Waals surface area contributed by atoms with Crippen molar-refractivity contribution in [2.24, 2.45) is 0 Å². The van der Waals surface area contributed by atoms with Crippen molar-refractivity contribution in [2.45, 2.75) is 12.3 Å². The van der Waals surface area contributed by atoms with Crippen molar-refractivity contribution >= 4 is 52.1 Å². The van der Waals surface area contributed by atoms with Crippen molar-refractivity contribution in [1.82, 2.24) is 4.98 Å². The SMILES string of the molecule is Nc1cccnc1C(=O)Nc1ccc(N2CC(c3c(F)cccc3Cl)CC2=O)c(Cl)c1. The van der Waals surface area contributed by atoms with E-state index in [0.717, 1.165) is 0 Å². The Bertz CT molecular complexity index is 1170. The molecule has 0 bridgehead atoms. The quantitative estimate of drug-likeness (QED) is 0.582. The van der Waals surface area contributed by atoms with Gasteiger partial charge in [0.1, 0.15) is 5.82 Å². The van der Waals surface area contributed by atoms with Crippen molar-refractivity contribution in [3.8, 4) is 0 Å². The average Bonchev–Trinajstić information content (AvgIpc) is 3.09. The maximum Gasteiger partial charge on any atom is 0.276 e. The van der Waals surface area contributed by atoms with E-state index in [0.29, 0.717) is 16.9 Å². The fourth-order valence-electron chi connectivity index (χ4n) is 3.64. The first-order chi connectivity index (χ1) is 14.8. The molecule has 1 unspecified atom stereocenters. The predicted molar refractivity (Wildman–Crippen MR) is 119 cm³/mol. The maximum absolute atomic E-state index is 14.3. The largest absolute Gasteiger partial charge is 0.397 e. The number of nitrogens with two attached hydrogens (primary N) is 1. The van der Waals surface area contributed by atoms with Crippen LogP contribution in [0, 0.1) is 5.82 Å². The summed E-state index contributed by atoms with van der Waals surface area (Å²) in [5.74, 6) is -1.49. The lowest BCUT2D eigenvalue weighted by molar-refractivity contribution is -0.117. The van der Waals surface area contributed by atoms with Crippen LogP contribution in [0.15, 0.2) is 54.7 Å². The Balaban J connectivity index is 1.54. The van der Waals surface area contributed by atoms with E-state index in [-0.39, 0.29) is 46.2 Å². The van der Waals surface area contributed by atoms with Gasteiger partial charge in [0.2, 0.25) is 5.91 Å². The zero-order valence-electron chi connectivity index (χ0n) is 16.1. The highest BCUT2D eigenvalue weighted by atomic mass is 35.5. The first kappa shape index (κ1) is 21.1. The first-order valence-electron chi connectivity index (χ1n) is 9.41. The van der Waals surface area contributed by atoms with Gasteiger partial charge in [-0.3, -0.25) is 9.59 Å². The van der Waals surface area contributed by atoms with Crippen molar-refractivity contribution in [3.63, 3.8) is 0 Å². The Morgan fingerprint density at radius 2 is 1.97 bits per heavy atom. The summed E-state index contributed by atoms with van der Waals surface area (Å²) in [4.78, 5) is 30.5. The third kappa shape index (κ3) is 4.19. The minimum atomic E-state index is -0.478. The highest BCUT2D eigenvalue weighted by Gasteiger charge is 2.35. The summed E-state index contributed by atoms with van der Waals surface area (Å²) in [5, 5.41) is 3.24. The van der Waals surface area contributed by atoms with E-state index in [1.165, 1.54) is 29.3 Å². The molecule has 2 aromatic carbocycles. The molecule has 2 heterocycles. The van der Waals surface area contributed by atoms with Gasteiger partial charge in [-0.15, -0.1) is 0 Å². The number of aromatic nitrogens is 1. The molecule has 158 valence electrons. The van der Waals surface area contributed by atoms with Crippen LogP contribution in [-0.2, 0) is 4.79 Å². The third-order valence-corrected chi connectivity index (χ3v) is 5.72. The molecule has 0 aliphatic carbocycles. The number of carbonyl (C=O) groups is 2. The normalized spacial score (nSPS) is 15.9. The number of pyridine rings is 1. The van der Waals surface area contributed by atoms with Crippen LogP contribution in [-0.4, -0.2) is 23.3 Å². The van der Waals surface area contributed by atoms with Gasteiger partial charge in [-0.05, 0) is 42.5 Å². The van der Waals surface area contributed by atoms with Crippen molar-refractivity contribution in [2.75, 3.05) is 22.5 Å². The van der Waals surface area contributed by atoms with E-state index in [1.807, 2.05) is 0 Å². The molecule has 3 aromatic rings. The molecule has 9 heteroatoms. The van der Waals surface area contributed by atoms with Crippen LogP contribution in [0.25, 0.3) is 0 Å². The standard InChI is InChI=1S/C22H17Cl2FN4O2/c23-14-3-1-4-16(25)20(14)12-9-19(30)29(11-12)18-7-6-13(10-15(18)24)28-22(31)21-17(26)5-2-8-27-21/h1-8,10,12H,9,11,26H2,(H,28,31). The van der Waals surface area contributed by atoms with Crippen LogP contribution < -0.4 is 16.0 Å². The number of carbonyl (C=O) groups excluding carboxylic acids is 2. The third-order valence-electron chi connectivity index (χ3n) is 5.08. The molecule has 0 saturated carbocycles. The number of anilines is 3. The number of rotatable bonds is 4. The molecule has 2 amide bonds. The highest BCUT2D eigenvalue weighted by Crippen LogP contribution is 2.39. The van der Waals surface area contributed by atoms with Crippen molar-refractivity contribution < 1.29 is 14.0 Å². The Morgan fingerprint density at radius 3 is 2.68 bits per heavy atom. The molecule has 1 aliphatic rings. The second kappa shape index (κ2) is 8.53. The lowest BCUT2D eigenvalue weighted by Crippen LogP contribution is -2.25. The monoisotopic (exact) mass is 458 g/mol. The number of nitrogens with zero attached hydrogens (tertiary/aromatic N) is 2. The number of hydrogen-bond donors (Lipinski definition) is 2. The molecule has 0 radical (unpaired) electrons. The van der Waals surface area contributed by atoms with Gasteiger partial charge in [-0.2, -0.15) is 0 Å². The van der Waals surface area contributed by atoms with Gasteiger partial charge in [0, 0.05) is 41.4 Å². The van der Waals surface area contributed by atoms with E-state index in [4.69, 9.17) is 28.9 Å². The molecule has 1 aromatic heterocycles. The van der Waals surface area contributed by atoms with Gasteiger partial charge in [0.05, 0.1) is 16.4 Å². The van der Waals surface area contributed by atoms with Crippen molar-refractivity contribution in [1.29, 1.82) is 0 Å². The zero-order chi connectivity index (χ0) is 22.1. The smallest absolute Gasteiger partial charge is 0.276 e. The van der Waals surface area contributed by atoms with Gasteiger partial charge in [-0.1, -0.05) is 29.3 Å². The van der Waals surface area contributed by atoms with Crippen molar-refractivity contribution in [3.05, 3.63) is 81.8 Å². The number of hydrogen-bond acceptors (Lipinski definition) is 4. The summed E-state index contributed by atoms with van der Waals surface area (Å²) in [6, 6.07) is 12.4. The van der Waals surface area contributed by atoms with Crippen LogP contribution in [0.1, 0.15) is 28.4 Å². The van der Waals surface area contributed by atoms with Crippen LogP contribution in [0.5, 0.6) is 0 Å². The maximum atomic E-state index is 14.3. The molecule has 0 spiro atoms. The number of nitrogens with one attached hydrogen (secondary N) is 1. The number of nitrogen functional groups attached to an aromatic ring is 1. The summed E-state index contributed by atoms with van der Waals surface area (Å²) in [6.45, 7) is 0.245.